The van der Waals surface area contributed by atoms with E-state index in [9.17, 15) is 4.79 Å². The smallest absolute Gasteiger partial charge is 0.253 e. The van der Waals surface area contributed by atoms with Gasteiger partial charge in [0.1, 0.15) is 5.01 Å². The predicted octanol–water partition coefficient (Wildman–Crippen LogP) is 2.42. The molecule has 1 amide bonds. The van der Waals surface area contributed by atoms with Crippen molar-refractivity contribution in [2.75, 3.05) is 12.4 Å². The molecule has 2 N–H and O–H groups in total. The Labute approximate surface area is 110 Å². The highest BCUT2D eigenvalue weighted by Gasteiger charge is 2.10. The third kappa shape index (κ3) is 2.87. The number of hydrogen-bond donors (Lipinski definition) is 2. The van der Waals surface area contributed by atoms with E-state index >= 15 is 0 Å². The first-order chi connectivity index (χ1) is 8.70. The Morgan fingerprint density at radius 2 is 2.28 bits per heavy atom. The Morgan fingerprint density at radius 3 is 2.94 bits per heavy atom. The molecule has 0 unspecified atom stereocenters. The monoisotopic (exact) mass is 261 g/mol. The van der Waals surface area contributed by atoms with Gasteiger partial charge in [-0.1, -0.05) is 6.07 Å². The van der Waals surface area contributed by atoms with Gasteiger partial charge in [0, 0.05) is 24.3 Å². The minimum Gasteiger partial charge on any atom is -0.387 e. The maximum absolute atomic E-state index is 12.1. The number of aryl methyl sites for hydroxylation is 1. The molecule has 18 heavy (non-hydrogen) atoms. The molecule has 1 heterocycles. The molecule has 0 bridgehead atoms. The van der Waals surface area contributed by atoms with Crippen LogP contribution >= 0.6 is 11.3 Å². The summed E-state index contributed by atoms with van der Waals surface area (Å²) in [6, 6.07) is 5.72. The molecule has 0 fully saturated rings. The second kappa shape index (κ2) is 5.64. The highest BCUT2D eigenvalue weighted by Crippen LogP contribution is 2.17. The third-order valence-corrected chi connectivity index (χ3v) is 3.35. The molecule has 1 aromatic heterocycles. The quantitative estimate of drug-likeness (QED) is 0.888. The summed E-state index contributed by atoms with van der Waals surface area (Å²) in [4.78, 5) is 16.2. The van der Waals surface area contributed by atoms with Crippen LogP contribution in [0.4, 0.5) is 5.69 Å². The van der Waals surface area contributed by atoms with E-state index in [4.69, 9.17) is 0 Å². The number of carbonyl (C=O) groups is 1. The summed E-state index contributed by atoms with van der Waals surface area (Å²) < 4.78 is 0. The molecule has 0 aliphatic rings. The van der Waals surface area contributed by atoms with Crippen LogP contribution in [0.1, 0.15) is 20.9 Å². The number of carbonyl (C=O) groups excluding carboxylic acids is 1. The van der Waals surface area contributed by atoms with Gasteiger partial charge in [0.15, 0.2) is 0 Å². The summed E-state index contributed by atoms with van der Waals surface area (Å²) in [6.45, 7) is 2.46. The van der Waals surface area contributed by atoms with E-state index in [0.717, 1.165) is 16.3 Å². The summed E-state index contributed by atoms with van der Waals surface area (Å²) >= 11 is 1.53. The van der Waals surface area contributed by atoms with Gasteiger partial charge in [0.25, 0.3) is 5.91 Å². The van der Waals surface area contributed by atoms with Gasteiger partial charge in [-0.15, -0.1) is 11.3 Å². The molecule has 0 radical (unpaired) electrons. The molecular formula is C13H15N3OS. The zero-order valence-corrected chi connectivity index (χ0v) is 11.2. The van der Waals surface area contributed by atoms with Crippen LogP contribution in [0.3, 0.4) is 0 Å². The highest BCUT2D eigenvalue weighted by atomic mass is 32.1. The Kier molecular flexibility index (Phi) is 3.94. The zero-order chi connectivity index (χ0) is 13.0. The maximum Gasteiger partial charge on any atom is 0.253 e. The second-order valence-electron chi connectivity index (χ2n) is 3.91. The fourth-order valence-corrected chi connectivity index (χ4v) is 2.21. The van der Waals surface area contributed by atoms with Crippen LogP contribution in [-0.2, 0) is 6.54 Å². The predicted molar refractivity (Wildman–Crippen MR) is 74.0 cm³/mol. The minimum absolute atomic E-state index is 0.0884. The first-order valence-corrected chi connectivity index (χ1v) is 6.53. The van der Waals surface area contributed by atoms with Gasteiger partial charge < -0.3 is 10.6 Å². The topological polar surface area (TPSA) is 54.0 Å². The van der Waals surface area contributed by atoms with E-state index < -0.39 is 0 Å². The van der Waals surface area contributed by atoms with Gasteiger partial charge in [-0.2, -0.15) is 0 Å². The number of nitrogens with zero attached hydrogens (tertiary/aromatic N) is 1. The van der Waals surface area contributed by atoms with Gasteiger partial charge >= 0.3 is 0 Å². The standard InChI is InChI=1S/C13H15N3OS/c1-9-3-4-10(11(7-9)14-2)13(17)16-8-12-15-5-6-18-12/h3-7,14H,8H2,1-2H3,(H,16,17). The molecule has 0 aliphatic heterocycles. The molecule has 0 atom stereocenters. The van der Waals surface area contributed by atoms with Gasteiger partial charge in [0.2, 0.25) is 0 Å². The zero-order valence-electron chi connectivity index (χ0n) is 10.4. The molecule has 94 valence electrons. The Bertz CT molecular complexity index is 537. The third-order valence-electron chi connectivity index (χ3n) is 2.57. The van der Waals surface area contributed by atoms with Crippen molar-refractivity contribution in [1.82, 2.24) is 10.3 Å². The Balaban J connectivity index is 2.09. The van der Waals surface area contributed by atoms with Gasteiger partial charge in [-0.25, -0.2) is 4.98 Å². The lowest BCUT2D eigenvalue weighted by molar-refractivity contribution is 0.0951. The van der Waals surface area contributed by atoms with Gasteiger partial charge in [-0.3, -0.25) is 4.79 Å². The average molecular weight is 261 g/mol. The summed E-state index contributed by atoms with van der Waals surface area (Å²) in [5.41, 5.74) is 2.61. The maximum atomic E-state index is 12.1. The number of rotatable bonds is 4. The Hall–Kier alpha value is -1.88. The van der Waals surface area contributed by atoms with Crippen LogP contribution in [0, 0.1) is 6.92 Å². The van der Waals surface area contributed by atoms with E-state index in [1.165, 1.54) is 11.3 Å². The van der Waals surface area contributed by atoms with E-state index in [1.807, 2.05) is 37.6 Å². The summed E-state index contributed by atoms with van der Waals surface area (Å²) in [6.07, 6.45) is 1.73. The Morgan fingerprint density at radius 1 is 1.44 bits per heavy atom. The lowest BCUT2D eigenvalue weighted by atomic mass is 10.1. The van der Waals surface area contributed by atoms with Crippen molar-refractivity contribution in [2.45, 2.75) is 13.5 Å². The van der Waals surface area contributed by atoms with Crippen LogP contribution in [0.5, 0.6) is 0 Å². The van der Waals surface area contributed by atoms with Crippen molar-refractivity contribution in [3.8, 4) is 0 Å². The average Bonchev–Trinajstić information content (AvgIpc) is 2.88. The van der Waals surface area contributed by atoms with Crippen molar-refractivity contribution in [2.24, 2.45) is 0 Å². The first kappa shape index (κ1) is 12.6. The van der Waals surface area contributed by atoms with E-state index in [1.54, 1.807) is 6.20 Å². The van der Waals surface area contributed by atoms with Crippen molar-refractivity contribution < 1.29 is 4.79 Å². The highest BCUT2D eigenvalue weighted by molar-refractivity contribution is 7.09. The lowest BCUT2D eigenvalue weighted by Gasteiger charge is -2.10. The van der Waals surface area contributed by atoms with Gasteiger partial charge in [0.05, 0.1) is 12.1 Å². The summed E-state index contributed by atoms with van der Waals surface area (Å²) in [5, 5.41) is 8.70. The molecule has 2 rings (SSSR count). The lowest BCUT2D eigenvalue weighted by Crippen LogP contribution is -2.23. The SMILES string of the molecule is CNc1cc(C)ccc1C(=O)NCc1nccs1. The first-order valence-electron chi connectivity index (χ1n) is 5.65. The molecule has 4 nitrogen and oxygen atoms in total. The van der Waals surface area contributed by atoms with Crippen LogP contribution in [-0.4, -0.2) is 17.9 Å². The van der Waals surface area contributed by atoms with Crippen LogP contribution < -0.4 is 10.6 Å². The molecule has 0 spiro atoms. The largest absolute Gasteiger partial charge is 0.387 e. The van der Waals surface area contributed by atoms with Crippen molar-refractivity contribution in [1.29, 1.82) is 0 Å². The summed E-state index contributed by atoms with van der Waals surface area (Å²) in [7, 11) is 1.81. The number of anilines is 1. The number of hydrogen-bond acceptors (Lipinski definition) is 4. The normalized spacial score (nSPS) is 10.1. The number of thiazole rings is 1. The number of amides is 1. The molecule has 2 aromatic rings. The fourth-order valence-electron chi connectivity index (χ4n) is 1.65. The molecule has 0 saturated heterocycles. The van der Waals surface area contributed by atoms with E-state index in [2.05, 4.69) is 15.6 Å². The number of benzene rings is 1. The second-order valence-corrected chi connectivity index (χ2v) is 4.89. The van der Waals surface area contributed by atoms with Gasteiger partial charge in [-0.05, 0) is 24.6 Å². The van der Waals surface area contributed by atoms with Crippen LogP contribution in [0.25, 0.3) is 0 Å². The fraction of sp³-hybridized carbons (Fsp3) is 0.231. The molecule has 5 heteroatoms. The van der Waals surface area contributed by atoms with E-state index in [0.29, 0.717) is 12.1 Å². The van der Waals surface area contributed by atoms with Crippen molar-refractivity contribution >= 4 is 22.9 Å². The van der Waals surface area contributed by atoms with Crippen LogP contribution in [0.2, 0.25) is 0 Å². The molecule has 1 aromatic carbocycles. The molecule has 0 aliphatic carbocycles. The summed E-state index contributed by atoms with van der Waals surface area (Å²) in [5.74, 6) is -0.0884. The number of aromatic nitrogens is 1. The van der Waals surface area contributed by atoms with Crippen LogP contribution in [0.15, 0.2) is 29.8 Å². The molecular weight excluding hydrogens is 246 g/mol. The number of nitrogens with one attached hydrogen (secondary N) is 2. The van der Waals surface area contributed by atoms with E-state index in [-0.39, 0.29) is 5.91 Å². The van der Waals surface area contributed by atoms with Crippen molar-refractivity contribution in [3.63, 3.8) is 0 Å². The van der Waals surface area contributed by atoms with Crippen molar-refractivity contribution in [3.05, 3.63) is 45.9 Å². The minimum atomic E-state index is -0.0884. The molecule has 0 saturated carbocycles.